The van der Waals surface area contributed by atoms with E-state index >= 15 is 0 Å². The molecule has 0 bridgehead atoms. The summed E-state index contributed by atoms with van der Waals surface area (Å²) in [5.41, 5.74) is -0.671. The fourth-order valence-electron chi connectivity index (χ4n) is 1.98. The molecule has 1 unspecified atom stereocenters. The Morgan fingerprint density at radius 3 is 2.80 bits per heavy atom. The molecule has 1 fully saturated rings. The lowest BCUT2D eigenvalue weighted by Crippen LogP contribution is -2.46. The number of methoxy groups -OCH3 is 1. The van der Waals surface area contributed by atoms with Crippen molar-refractivity contribution in [2.24, 2.45) is 5.41 Å². The average Bonchev–Trinajstić information content (AvgIpc) is 2.17. The van der Waals surface area contributed by atoms with E-state index in [-0.39, 0.29) is 6.10 Å². The topological polar surface area (TPSA) is 49.8 Å². The molecule has 0 aromatic carbocycles. The standard InChI is InChI=1S/C11H21NO3/c1-11(2,10(13)14)8-12-6-4-5-9(7-12)15-3/h9H,4-8H2,1-3H3,(H,13,14). The molecule has 0 spiro atoms. The Morgan fingerprint density at radius 1 is 1.60 bits per heavy atom. The van der Waals surface area contributed by atoms with Crippen LogP contribution in [-0.4, -0.2) is 48.8 Å². The molecule has 0 aromatic heterocycles. The van der Waals surface area contributed by atoms with Crippen LogP contribution in [-0.2, 0) is 9.53 Å². The Balaban J connectivity index is 2.47. The van der Waals surface area contributed by atoms with Gasteiger partial charge < -0.3 is 9.84 Å². The number of piperidine rings is 1. The maximum absolute atomic E-state index is 11.0. The zero-order chi connectivity index (χ0) is 11.5. The SMILES string of the molecule is COC1CCCN(CC(C)(C)C(=O)O)C1. The highest BCUT2D eigenvalue weighted by molar-refractivity contribution is 5.73. The summed E-state index contributed by atoms with van der Waals surface area (Å²) < 4.78 is 5.31. The third kappa shape index (κ3) is 3.47. The number of ether oxygens (including phenoxy) is 1. The van der Waals surface area contributed by atoms with Crippen LogP contribution < -0.4 is 0 Å². The van der Waals surface area contributed by atoms with Crippen molar-refractivity contribution in [2.45, 2.75) is 32.8 Å². The van der Waals surface area contributed by atoms with Crippen LogP contribution in [0.5, 0.6) is 0 Å². The minimum Gasteiger partial charge on any atom is -0.481 e. The van der Waals surface area contributed by atoms with Crippen molar-refractivity contribution in [2.75, 3.05) is 26.7 Å². The van der Waals surface area contributed by atoms with Gasteiger partial charge in [-0.25, -0.2) is 0 Å². The Kier molecular flexibility index (Phi) is 4.11. The molecule has 4 heteroatoms. The molecule has 0 saturated carbocycles. The van der Waals surface area contributed by atoms with Crippen LogP contribution >= 0.6 is 0 Å². The summed E-state index contributed by atoms with van der Waals surface area (Å²) in [6.45, 7) is 5.98. The molecule has 0 aliphatic carbocycles. The number of carboxylic acid groups (broad SMARTS) is 1. The van der Waals surface area contributed by atoms with Gasteiger partial charge in [-0.05, 0) is 33.2 Å². The molecular formula is C11H21NO3. The maximum Gasteiger partial charge on any atom is 0.310 e. The van der Waals surface area contributed by atoms with Crippen molar-refractivity contribution in [1.29, 1.82) is 0 Å². The largest absolute Gasteiger partial charge is 0.481 e. The number of carbonyl (C=O) groups is 1. The summed E-state index contributed by atoms with van der Waals surface area (Å²) in [6.07, 6.45) is 2.44. The fourth-order valence-corrected chi connectivity index (χ4v) is 1.98. The molecule has 88 valence electrons. The molecular weight excluding hydrogens is 194 g/mol. The van der Waals surface area contributed by atoms with Crippen molar-refractivity contribution >= 4 is 5.97 Å². The van der Waals surface area contributed by atoms with Gasteiger partial charge in [0.05, 0.1) is 11.5 Å². The van der Waals surface area contributed by atoms with E-state index in [0.29, 0.717) is 6.54 Å². The average molecular weight is 215 g/mol. The molecule has 1 heterocycles. The van der Waals surface area contributed by atoms with Gasteiger partial charge in [0.25, 0.3) is 0 Å². The summed E-state index contributed by atoms with van der Waals surface area (Å²) in [5, 5.41) is 9.04. The molecule has 0 radical (unpaired) electrons. The number of hydrogen-bond acceptors (Lipinski definition) is 3. The molecule has 1 rings (SSSR count). The summed E-state index contributed by atoms with van der Waals surface area (Å²) in [4.78, 5) is 13.2. The number of likely N-dealkylation sites (tertiary alicyclic amines) is 1. The molecule has 1 saturated heterocycles. The highest BCUT2D eigenvalue weighted by Gasteiger charge is 2.31. The highest BCUT2D eigenvalue weighted by Crippen LogP contribution is 2.21. The predicted octanol–water partition coefficient (Wildman–Crippen LogP) is 1.21. The van der Waals surface area contributed by atoms with E-state index in [1.54, 1.807) is 21.0 Å². The lowest BCUT2D eigenvalue weighted by atomic mass is 9.92. The summed E-state index contributed by atoms with van der Waals surface area (Å²) in [7, 11) is 1.72. The second-order valence-electron chi connectivity index (χ2n) is 4.92. The van der Waals surface area contributed by atoms with Gasteiger partial charge in [0.2, 0.25) is 0 Å². The van der Waals surface area contributed by atoms with E-state index in [1.807, 2.05) is 0 Å². The molecule has 15 heavy (non-hydrogen) atoms. The van der Waals surface area contributed by atoms with Crippen LogP contribution in [0.2, 0.25) is 0 Å². The monoisotopic (exact) mass is 215 g/mol. The first kappa shape index (κ1) is 12.5. The lowest BCUT2D eigenvalue weighted by Gasteiger charge is -2.35. The van der Waals surface area contributed by atoms with Crippen LogP contribution in [0.15, 0.2) is 0 Å². The smallest absolute Gasteiger partial charge is 0.310 e. The van der Waals surface area contributed by atoms with E-state index in [2.05, 4.69) is 4.90 Å². The predicted molar refractivity (Wildman–Crippen MR) is 57.9 cm³/mol. The van der Waals surface area contributed by atoms with Crippen LogP contribution in [0.3, 0.4) is 0 Å². The van der Waals surface area contributed by atoms with Crippen LogP contribution in [0.25, 0.3) is 0 Å². The summed E-state index contributed by atoms with van der Waals surface area (Å²) in [6, 6.07) is 0. The summed E-state index contributed by atoms with van der Waals surface area (Å²) >= 11 is 0. The zero-order valence-electron chi connectivity index (χ0n) is 9.82. The van der Waals surface area contributed by atoms with Gasteiger partial charge in [-0.2, -0.15) is 0 Å². The number of carboxylic acids is 1. The van der Waals surface area contributed by atoms with E-state index in [0.717, 1.165) is 25.9 Å². The number of rotatable bonds is 4. The second kappa shape index (κ2) is 4.94. The van der Waals surface area contributed by atoms with Crippen molar-refractivity contribution in [1.82, 2.24) is 4.90 Å². The molecule has 1 atom stereocenters. The van der Waals surface area contributed by atoms with E-state index in [1.165, 1.54) is 0 Å². The first-order valence-corrected chi connectivity index (χ1v) is 5.44. The first-order valence-electron chi connectivity index (χ1n) is 5.44. The first-order chi connectivity index (χ1) is 6.95. The molecule has 0 aromatic rings. The quantitative estimate of drug-likeness (QED) is 0.765. The van der Waals surface area contributed by atoms with Crippen LogP contribution in [0, 0.1) is 5.41 Å². The highest BCUT2D eigenvalue weighted by atomic mass is 16.5. The van der Waals surface area contributed by atoms with E-state index < -0.39 is 11.4 Å². The van der Waals surface area contributed by atoms with Gasteiger partial charge in [0, 0.05) is 20.2 Å². The lowest BCUT2D eigenvalue weighted by molar-refractivity contribution is -0.148. The van der Waals surface area contributed by atoms with E-state index in [4.69, 9.17) is 9.84 Å². The number of hydrogen-bond donors (Lipinski definition) is 1. The third-order valence-corrected chi connectivity index (χ3v) is 2.99. The minimum absolute atomic E-state index is 0.267. The van der Waals surface area contributed by atoms with Crippen molar-refractivity contribution in [3.8, 4) is 0 Å². The molecule has 1 aliphatic rings. The fraction of sp³-hybridized carbons (Fsp3) is 0.909. The van der Waals surface area contributed by atoms with Crippen molar-refractivity contribution < 1.29 is 14.6 Å². The Labute approximate surface area is 91.2 Å². The van der Waals surface area contributed by atoms with Gasteiger partial charge in [0.1, 0.15) is 0 Å². The van der Waals surface area contributed by atoms with E-state index in [9.17, 15) is 4.79 Å². The second-order valence-corrected chi connectivity index (χ2v) is 4.92. The Hall–Kier alpha value is -0.610. The third-order valence-electron chi connectivity index (χ3n) is 2.99. The summed E-state index contributed by atoms with van der Waals surface area (Å²) in [5.74, 6) is -0.734. The normalized spacial score (nSPS) is 24.1. The van der Waals surface area contributed by atoms with Gasteiger partial charge >= 0.3 is 5.97 Å². The van der Waals surface area contributed by atoms with Crippen molar-refractivity contribution in [3.63, 3.8) is 0 Å². The zero-order valence-corrected chi connectivity index (χ0v) is 9.82. The van der Waals surface area contributed by atoms with Gasteiger partial charge in [-0.3, -0.25) is 9.69 Å². The van der Waals surface area contributed by atoms with Crippen LogP contribution in [0.4, 0.5) is 0 Å². The number of aliphatic carboxylic acids is 1. The van der Waals surface area contributed by atoms with Crippen LogP contribution in [0.1, 0.15) is 26.7 Å². The van der Waals surface area contributed by atoms with Gasteiger partial charge in [-0.15, -0.1) is 0 Å². The maximum atomic E-state index is 11.0. The molecule has 4 nitrogen and oxygen atoms in total. The van der Waals surface area contributed by atoms with Gasteiger partial charge in [0.15, 0.2) is 0 Å². The molecule has 1 aliphatic heterocycles. The minimum atomic E-state index is -0.734. The molecule has 0 amide bonds. The number of nitrogens with zero attached hydrogens (tertiary/aromatic N) is 1. The Morgan fingerprint density at radius 2 is 2.27 bits per heavy atom. The molecule has 1 N–H and O–H groups in total. The van der Waals surface area contributed by atoms with Crippen molar-refractivity contribution in [3.05, 3.63) is 0 Å². The Bertz CT molecular complexity index is 228. The van der Waals surface area contributed by atoms with Gasteiger partial charge in [-0.1, -0.05) is 0 Å².